The minimum atomic E-state index is -0.146. The zero-order chi connectivity index (χ0) is 18.5. The van der Waals surface area contributed by atoms with Crippen molar-refractivity contribution in [1.82, 2.24) is 19.8 Å². The molecule has 1 aliphatic heterocycles. The highest BCUT2D eigenvalue weighted by Gasteiger charge is 2.28. The summed E-state index contributed by atoms with van der Waals surface area (Å²) < 4.78 is 1.99. The maximum Gasteiger partial charge on any atom is 0.238 e. The first-order valence-electron chi connectivity index (χ1n) is 8.62. The van der Waals surface area contributed by atoms with Crippen LogP contribution in [0.25, 0.3) is 0 Å². The molecule has 1 saturated heterocycles. The lowest BCUT2D eigenvalue weighted by Crippen LogP contribution is -2.49. The molecule has 1 atom stereocenters. The highest BCUT2D eigenvalue weighted by atomic mass is 16.2. The normalized spacial score (nSPS) is 17.7. The first kappa shape index (κ1) is 18.1. The van der Waals surface area contributed by atoms with E-state index in [1.54, 1.807) is 30.5 Å². The quantitative estimate of drug-likeness (QED) is 0.742. The van der Waals surface area contributed by atoms with Crippen LogP contribution in [0.2, 0.25) is 0 Å². The van der Waals surface area contributed by atoms with Crippen molar-refractivity contribution in [1.29, 1.82) is 0 Å². The van der Waals surface area contributed by atoms with Crippen molar-refractivity contribution in [3.05, 3.63) is 42.5 Å². The van der Waals surface area contributed by atoms with Crippen LogP contribution < -0.4 is 16.0 Å². The number of aryl methyl sites for hydroxylation is 1. The lowest BCUT2D eigenvalue weighted by molar-refractivity contribution is -0.118. The number of imidazole rings is 1. The number of carbonyl (C=O) groups excluding carboxylic acids is 2. The Kier molecular flexibility index (Phi) is 5.65. The van der Waals surface area contributed by atoms with Crippen molar-refractivity contribution in [3.63, 3.8) is 0 Å². The van der Waals surface area contributed by atoms with E-state index in [4.69, 9.17) is 0 Å². The van der Waals surface area contributed by atoms with Crippen molar-refractivity contribution < 1.29 is 9.59 Å². The molecule has 2 heterocycles. The summed E-state index contributed by atoms with van der Waals surface area (Å²) in [5.41, 5.74) is 1.31. The minimum Gasteiger partial charge on any atom is -0.337 e. The Morgan fingerprint density at radius 1 is 1.31 bits per heavy atom. The third kappa shape index (κ3) is 4.47. The van der Waals surface area contributed by atoms with Crippen molar-refractivity contribution in [2.45, 2.75) is 13.0 Å². The van der Waals surface area contributed by atoms with Crippen LogP contribution in [0.1, 0.15) is 18.8 Å². The number of piperazine rings is 1. The standard InChI is InChI=1S/C18H24N6O2/c1-13(25)21-14-4-3-5-15(10-14)22-17(26)12-24-9-6-19-11-16(24)18-20-7-8-23(18)2/h3-5,7-8,10,16,19H,6,9,11-12H2,1-2H3,(H,21,25)(H,22,26). The smallest absolute Gasteiger partial charge is 0.238 e. The van der Waals surface area contributed by atoms with Crippen molar-refractivity contribution >= 4 is 23.2 Å². The van der Waals surface area contributed by atoms with Crippen LogP contribution in [0.15, 0.2) is 36.7 Å². The maximum atomic E-state index is 12.5. The van der Waals surface area contributed by atoms with E-state index in [9.17, 15) is 9.59 Å². The first-order chi connectivity index (χ1) is 12.5. The molecule has 2 aromatic rings. The Bertz CT molecular complexity index is 787. The van der Waals surface area contributed by atoms with Gasteiger partial charge in [-0.2, -0.15) is 0 Å². The first-order valence-corrected chi connectivity index (χ1v) is 8.62. The summed E-state index contributed by atoms with van der Waals surface area (Å²) in [4.78, 5) is 30.3. The summed E-state index contributed by atoms with van der Waals surface area (Å²) in [7, 11) is 1.96. The summed E-state index contributed by atoms with van der Waals surface area (Å²) in [6.07, 6.45) is 3.69. The molecular weight excluding hydrogens is 332 g/mol. The van der Waals surface area contributed by atoms with E-state index < -0.39 is 0 Å². The number of amides is 2. The second-order valence-corrected chi connectivity index (χ2v) is 6.40. The largest absolute Gasteiger partial charge is 0.337 e. The molecule has 2 amide bonds. The summed E-state index contributed by atoms with van der Waals surface area (Å²) >= 11 is 0. The zero-order valence-electron chi connectivity index (χ0n) is 15.0. The molecule has 8 heteroatoms. The summed E-state index contributed by atoms with van der Waals surface area (Å²) in [6, 6.07) is 7.18. The number of nitrogens with one attached hydrogen (secondary N) is 3. The van der Waals surface area contributed by atoms with Crippen LogP contribution in [0.3, 0.4) is 0 Å². The Morgan fingerprint density at radius 3 is 2.77 bits per heavy atom. The number of hydrogen-bond acceptors (Lipinski definition) is 5. The second-order valence-electron chi connectivity index (χ2n) is 6.40. The van der Waals surface area contributed by atoms with E-state index in [0.717, 1.165) is 25.5 Å². The van der Waals surface area contributed by atoms with Crippen LogP contribution in [-0.2, 0) is 16.6 Å². The zero-order valence-corrected chi connectivity index (χ0v) is 15.0. The van der Waals surface area contributed by atoms with Gasteiger partial charge in [0.1, 0.15) is 5.82 Å². The van der Waals surface area contributed by atoms with Gasteiger partial charge in [-0.25, -0.2) is 4.98 Å². The Balaban J connectivity index is 1.65. The topological polar surface area (TPSA) is 91.3 Å². The molecule has 1 fully saturated rings. The van der Waals surface area contributed by atoms with Crippen LogP contribution >= 0.6 is 0 Å². The molecule has 0 bridgehead atoms. The molecule has 1 aromatic heterocycles. The van der Waals surface area contributed by atoms with E-state index in [1.165, 1.54) is 6.92 Å². The lowest BCUT2D eigenvalue weighted by Gasteiger charge is -2.35. The molecule has 1 unspecified atom stereocenters. The molecule has 8 nitrogen and oxygen atoms in total. The van der Waals surface area contributed by atoms with Gasteiger partial charge in [0, 0.05) is 57.4 Å². The van der Waals surface area contributed by atoms with Crippen LogP contribution in [0, 0.1) is 0 Å². The van der Waals surface area contributed by atoms with Gasteiger partial charge >= 0.3 is 0 Å². The van der Waals surface area contributed by atoms with E-state index in [-0.39, 0.29) is 24.4 Å². The lowest BCUT2D eigenvalue weighted by atomic mass is 10.1. The highest BCUT2D eigenvalue weighted by molar-refractivity contribution is 5.94. The van der Waals surface area contributed by atoms with Gasteiger partial charge in [-0.05, 0) is 18.2 Å². The van der Waals surface area contributed by atoms with Crippen molar-refractivity contribution in [2.75, 3.05) is 36.8 Å². The number of anilines is 2. The van der Waals surface area contributed by atoms with Gasteiger partial charge in [0.2, 0.25) is 11.8 Å². The van der Waals surface area contributed by atoms with Crippen LogP contribution in [-0.4, -0.2) is 52.4 Å². The summed E-state index contributed by atoms with van der Waals surface area (Å²) in [5, 5.41) is 8.98. The Labute approximate surface area is 152 Å². The van der Waals surface area contributed by atoms with E-state index in [2.05, 4.69) is 25.8 Å². The van der Waals surface area contributed by atoms with Gasteiger partial charge in [-0.3, -0.25) is 14.5 Å². The van der Waals surface area contributed by atoms with E-state index in [1.807, 2.05) is 17.8 Å². The molecule has 0 spiro atoms. The average Bonchev–Trinajstić information content (AvgIpc) is 3.01. The van der Waals surface area contributed by atoms with Gasteiger partial charge in [0.05, 0.1) is 12.6 Å². The highest BCUT2D eigenvalue weighted by Crippen LogP contribution is 2.20. The number of carbonyl (C=O) groups is 2. The average molecular weight is 356 g/mol. The van der Waals surface area contributed by atoms with Crippen molar-refractivity contribution in [3.8, 4) is 0 Å². The number of nitrogens with zero attached hydrogens (tertiary/aromatic N) is 3. The predicted molar refractivity (Wildman–Crippen MR) is 99.8 cm³/mol. The van der Waals surface area contributed by atoms with Crippen LogP contribution in [0.5, 0.6) is 0 Å². The summed E-state index contributed by atoms with van der Waals surface area (Å²) in [5.74, 6) is 0.705. The number of rotatable bonds is 5. The fourth-order valence-corrected chi connectivity index (χ4v) is 3.15. The number of hydrogen-bond donors (Lipinski definition) is 3. The molecule has 3 N–H and O–H groups in total. The fourth-order valence-electron chi connectivity index (χ4n) is 3.15. The molecule has 0 radical (unpaired) electrons. The van der Waals surface area contributed by atoms with Gasteiger partial charge < -0.3 is 20.5 Å². The number of benzene rings is 1. The Morgan fingerprint density at radius 2 is 2.08 bits per heavy atom. The Hall–Kier alpha value is -2.71. The summed E-state index contributed by atoms with van der Waals surface area (Å²) in [6.45, 7) is 4.11. The maximum absolute atomic E-state index is 12.5. The predicted octanol–water partition coefficient (Wildman–Crippen LogP) is 0.964. The monoisotopic (exact) mass is 356 g/mol. The third-order valence-electron chi connectivity index (χ3n) is 4.32. The molecule has 1 aliphatic rings. The molecule has 1 aromatic carbocycles. The molecule has 0 aliphatic carbocycles. The van der Waals surface area contributed by atoms with Crippen LogP contribution in [0.4, 0.5) is 11.4 Å². The number of aromatic nitrogens is 2. The second kappa shape index (κ2) is 8.11. The minimum absolute atomic E-state index is 0.0558. The molecular formula is C18H24N6O2. The third-order valence-corrected chi connectivity index (χ3v) is 4.32. The van der Waals surface area contributed by atoms with E-state index in [0.29, 0.717) is 11.4 Å². The fraction of sp³-hybridized carbons (Fsp3) is 0.389. The SMILES string of the molecule is CC(=O)Nc1cccc(NC(=O)CN2CCNCC2c2nccn2C)c1. The van der Waals surface area contributed by atoms with Gasteiger partial charge in [0.25, 0.3) is 0 Å². The molecule has 3 rings (SSSR count). The van der Waals surface area contributed by atoms with Gasteiger partial charge in [0.15, 0.2) is 0 Å². The van der Waals surface area contributed by atoms with E-state index >= 15 is 0 Å². The van der Waals surface area contributed by atoms with Crippen molar-refractivity contribution in [2.24, 2.45) is 7.05 Å². The van der Waals surface area contributed by atoms with Gasteiger partial charge in [-0.1, -0.05) is 6.07 Å². The van der Waals surface area contributed by atoms with Gasteiger partial charge in [-0.15, -0.1) is 0 Å². The molecule has 0 saturated carbocycles. The molecule has 26 heavy (non-hydrogen) atoms. The molecule has 138 valence electrons.